The van der Waals surface area contributed by atoms with Gasteiger partial charge in [0.15, 0.2) is 5.65 Å². The van der Waals surface area contributed by atoms with Crippen LogP contribution in [0.15, 0.2) is 73.1 Å². The lowest BCUT2D eigenvalue weighted by atomic mass is 10.0. The standard InChI is InChI=1S/C23H22N4O/c1-3-16(2)26-23(28)20-15-25-27-21(13-14-24-22(20)27)19-11-9-18(10-12-19)17-7-5-4-6-8-17/h4-16H,3H2,1-2H3,(H,26,28). The van der Waals surface area contributed by atoms with E-state index >= 15 is 0 Å². The average Bonchev–Trinajstić information content (AvgIpc) is 3.19. The number of amides is 1. The second-order valence-corrected chi connectivity index (χ2v) is 6.85. The highest BCUT2D eigenvalue weighted by molar-refractivity contribution is 6.00. The molecule has 4 rings (SSSR count). The van der Waals surface area contributed by atoms with E-state index in [9.17, 15) is 4.79 Å². The van der Waals surface area contributed by atoms with Crippen molar-refractivity contribution < 1.29 is 4.79 Å². The Bertz CT molecular complexity index is 1100. The van der Waals surface area contributed by atoms with Gasteiger partial charge in [0.25, 0.3) is 5.91 Å². The molecule has 1 N–H and O–H groups in total. The molecule has 5 nitrogen and oxygen atoms in total. The molecule has 2 aromatic carbocycles. The number of carbonyl (C=O) groups is 1. The summed E-state index contributed by atoms with van der Waals surface area (Å²) >= 11 is 0. The van der Waals surface area contributed by atoms with Gasteiger partial charge in [0.05, 0.1) is 11.9 Å². The number of carbonyl (C=O) groups excluding carboxylic acids is 1. The van der Waals surface area contributed by atoms with E-state index in [1.54, 1.807) is 16.9 Å². The van der Waals surface area contributed by atoms with E-state index in [0.29, 0.717) is 11.2 Å². The molecule has 28 heavy (non-hydrogen) atoms. The van der Waals surface area contributed by atoms with E-state index in [2.05, 4.69) is 51.8 Å². The van der Waals surface area contributed by atoms with Crippen molar-refractivity contribution in [1.29, 1.82) is 0 Å². The second-order valence-electron chi connectivity index (χ2n) is 6.85. The molecule has 140 valence electrons. The first kappa shape index (κ1) is 17.9. The van der Waals surface area contributed by atoms with Gasteiger partial charge in [-0.05, 0) is 30.5 Å². The number of fused-ring (bicyclic) bond motifs is 1. The lowest BCUT2D eigenvalue weighted by molar-refractivity contribution is 0.0940. The molecule has 4 aromatic rings. The number of rotatable bonds is 5. The van der Waals surface area contributed by atoms with Crippen molar-refractivity contribution in [2.45, 2.75) is 26.3 Å². The quantitative estimate of drug-likeness (QED) is 0.559. The van der Waals surface area contributed by atoms with E-state index < -0.39 is 0 Å². The van der Waals surface area contributed by atoms with Crippen molar-refractivity contribution in [2.75, 3.05) is 0 Å². The number of nitrogens with one attached hydrogen (secondary N) is 1. The van der Waals surface area contributed by atoms with Crippen LogP contribution in [0.4, 0.5) is 0 Å². The van der Waals surface area contributed by atoms with Crippen LogP contribution in [0.1, 0.15) is 30.6 Å². The molecular formula is C23H22N4O. The first-order valence-electron chi connectivity index (χ1n) is 9.47. The summed E-state index contributed by atoms with van der Waals surface area (Å²) in [6.45, 7) is 4.02. The van der Waals surface area contributed by atoms with Gasteiger partial charge in [-0.15, -0.1) is 0 Å². The Kier molecular flexibility index (Phi) is 4.89. The Labute approximate surface area is 164 Å². The van der Waals surface area contributed by atoms with Crippen molar-refractivity contribution in [3.8, 4) is 22.4 Å². The number of aromatic nitrogens is 3. The molecule has 1 atom stereocenters. The SMILES string of the molecule is CCC(C)NC(=O)c1cnn2c(-c3ccc(-c4ccccc4)cc3)ccnc12. The third kappa shape index (κ3) is 3.39. The summed E-state index contributed by atoms with van der Waals surface area (Å²) in [5.41, 5.74) is 5.30. The van der Waals surface area contributed by atoms with Gasteiger partial charge in [-0.1, -0.05) is 61.5 Å². The van der Waals surface area contributed by atoms with Crippen molar-refractivity contribution in [3.05, 3.63) is 78.6 Å². The summed E-state index contributed by atoms with van der Waals surface area (Å²) in [5, 5.41) is 7.40. The van der Waals surface area contributed by atoms with Crippen molar-refractivity contribution in [2.24, 2.45) is 0 Å². The minimum absolute atomic E-state index is 0.108. The largest absolute Gasteiger partial charge is 0.349 e. The summed E-state index contributed by atoms with van der Waals surface area (Å²) in [7, 11) is 0. The molecular weight excluding hydrogens is 348 g/mol. The molecule has 0 bridgehead atoms. The normalized spacial score (nSPS) is 12.1. The molecule has 0 saturated heterocycles. The van der Waals surface area contributed by atoms with Gasteiger partial charge in [-0.25, -0.2) is 9.50 Å². The molecule has 0 radical (unpaired) electrons. The molecule has 2 aromatic heterocycles. The first-order valence-corrected chi connectivity index (χ1v) is 9.47. The number of benzene rings is 2. The van der Waals surface area contributed by atoms with Crippen LogP contribution >= 0.6 is 0 Å². The second kappa shape index (κ2) is 7.64. The van der Waals surface area contributed by atoms with Crippen molar-refractivity contribution in [3.63, 3.8) is 0 Å². The predicted octanol–water partition coefficient (Wildman–Crippen LogP) is 4.59. The Hall–Kier alpha value is -3.47. The molecule has 0 aliphatic heterocycles. The molecule has 0 saturated carbocycles. The van der Waals surface area contributed by atoms with E-state index in [0.717, 1.165) is 23.2 Å². The minimum atomic E-state index is -0.145. The molecule has 2 heterocycles. The monoisotopic (exact) mass is 370 g/mol. The third-order valence-electron chi connectivity index (χ3n) is 4.92. The lowest BCUT2D eigenvalue weighted by Crippen LogP contribution is -2.31. The Morgan fingerprint density at radius 2 is 1.68 bits per heavy atom. The van der Waals surface area contributed by atoms with Gasteiger partial charge >= 0.3 is 0 Å². The predicted molar refractivity (Wildman–Crippen MR) is 111 cm³/mol. The highest BCUT2D eigenvalue weighted by atomic mass is 16.1. The molecule has 1 unspecified atom stereocenters. The van der Waals surface area contributed by atoms with Crippen LogP contribution in [-0.2, 0) is 0 Å². The summed E-state index contributed by atoms with van der Waals surface area (Å²) in [4.78, 5) is 16.9. The lowest BCUT2D eigenvalue weighted by Gasteiger charge is -2.10. The summed E-state index contributed by atoms with van der Waals surface area (Å²) in [6.07, 6.45) is 4.18. The van der Waals surface area contributed by atoms with Crippen LogP contribution in [0.3, 0.4) is 0 Å². The van der Waals surface area contributed by atoms with E-state index in [1.807, 2.05) is 38.1 Å². The Morgan fingerprint density at radius 1 is 1.00 bits per heavy atom. The zero-order valence-corrected chi connectivity index (χ0v) is 16.0. The van der Waals surface area contributed by atoms with Gasteiger partial charge in [0.2, 0.25) is 0 Å². The smallest absolute Gasteiger partial charge is 0.256 e. The molecule has 0 spiro atoms. The zero-order chi connectivity index (χ0) is 19.5. The highest BCUT2D eigenvalue weighted by Crippen LogP contribution is 2.25. The van der Waals surface area contributed by atoms with Gasteiger partial charge in [-0.3, -0.25) is 4.79 Å². The van der Waals surface area contributed by atoms with Crippen LogP contribution < -0.4 is 5.32 Å². The Balaban J connectivity index is 1.69. The zero-order valence-electron chi connectivity index (χ0n) is 16.0. The topological polar surface area (TPSA) is 59.3 Å². The molecule has 0 aliphatic rings. The van der Waals surface area contributed by atoms with E-state index in [-0.39, 0.29) is 11.9 Å². The maximum Gasteiger partial charge on any atom is 0.256 e. The van der Waals surface area contributed by atoms with Crippen LogP contribution in [0.5, 0.6) is 0 Å². The van der Waals surface area contributed by atoms with Gasteiger partial charge < -0.3 is 5.32 Å². The van der Waals surface area contributed by atoms with Crippen molar-refractivity contribution >= 4 is 11.6 Å². The molecule has 1 amide bonds. The summed E-state index contributed by atoms with van der Waals surface area (Å²) in [5.74, 6) is -0.145. The maximum absolute atomic E-state index is 12.5. The van der Waals surface area contributed by atoms with Crippen LogP contribution in [0, 0.1) is 0 Å². The fraction of sp³-hybridized carbons (Fsp3) is 0.174. The first-order chi connectivity index (χ1) is 13.7. The van der Waals surface area contributed by atoms with Crippen LogP contribution in [0.25, 0.3) is 28.0 Å². The van der Waals surface area contributed by atoms with E-state index in [1.165, 1.54) is 5.56 Å². The van der Waals surface area contributed by atoms with Crippen LogP contribution in [-0.4, -0.2) is 26.5 Å². The minimum Gasteiger partial charge on any atom is -0.349 e. The van der Waals surface area contributed by atoms with Gasteiger partial charge in [0.1, 0.15) is 5.56 Å². The van der Waals surface area contributed by atoms with Crippen molar-refractivity contribution in [1.82, 2.24) is 19.9 Å². The molecule has 0 fully saturated rings. The molecule has 0 aliphatic carbocycles. The number of hydrogen-bond acceptors (Lipinski definition) is 3. The maximum atomic E-state index is 12.5. The van der Waals surface area contributed by atoms with Gasteiger partial charge in [-0.2, -0.15) is 5.10 Å². The van der Waals surface area contributed by atoms with Gasteiger partial charge in [0, 0.05) is 17.8 Å². The fourth-order valence-electron chi connectivity index (χ4n) is 3.14. The number of nitrogens with zero attached hydrogens (tertiary/aromatic N) is 3. The highest BCUT2D eigenvalue weighted by Gasteiger charge is 2.17. The molecule has 5 heteroatoms. The van der Waals surface area contributed by atoms with E-state index in [4.69, 9.17) is 0 Å². The van der Waals surface area contributed by atoms with Crippen LogP contribution in [0.2, 0.25) is 0 Å². The Morgan fingerprint density at radius 3 is 2.39 bits per heavy atom. The number of hydrogen-bond donors (Lipinski definition) is 1. The average molecular weight is 370 g/mol. The summed E-state index contributed by atoms with van der Waals surface area (Å²) < 4.78 is 1.73. The fourth-order valence-corrected chi connectivity index (χ4v) is 3.14. The third-order valence-corrected chi connectivity index (χ3v) is 4.92. The summed E-state index contributed by atoms with van der Waals surface area (Å²) in [6, 6.07) is 20.6.